The van der Waals surface area contributed by atoms with Gasteiger partial charge in [-0.05, 0) is 30.7 Å². The molecule has 0 saturated heterocycles. The lowest BCUT2D eigenvalue weighted by atomic mass is 9.96. The van der Waals surface area contributed by atoms with Gasteiger partial charge in [0.25, 0.3) is 0 Å². The highest BCUT2D eigenvalue weighted by Crippen LogP contribution is 2.36. The maximum absolute atomic E-state index is 14.4. The van der Waals surface area contributed by atoms with Gasteiger partial charge in [0.15, 0.2) is 11.6 Å². The molecule has 9 heteroatoms. The highest BCUT2D eigenvalue weighted by molar-refractivity contribution is 7.89. The van der Waals surface area contributed by atoms with Gasteiger partial charge in [0, 0.05) is 11.1 Å². The standard InChI is InChI=1S/C16H14ClF2NO4S/c1-8(16(22)20-25(2,23)24)9-3-4-10(12(18)7-9)11-5-6-13(21)15(19)14(11)17/h3-8,21H,1-2H3,(H,20,22). The summed E-state index contributed by atoms with van der Waals surface area (Å²) in [6, 6.07) is 6.06. The number of amides is 1. The van der Waals surface area contributed by atoms with Crippen LogP contribution in [0.2, 0.25) is 5.02 Å². The molecule has 0 radical (unpaired) electrons. The summed E-state index contributed by atoms with van der Waals surface area (Å²) in [5, 5.41) is 8.83. The average molecular weight is 390 g/mol. The molecule has 134 valence electrons. The number of hydrogen-bond donors (Lipinski definition) is 2. The number of carbonyl (C=O) groups excluding carboxylic acids is 1. The van der Waals surface area contributed by atoms with E-state index in [9.17, 15) is 27.1 Å². The SMILES string of the molecule is CC(C(=O)NS(C)(=O)=O)c1ccc(-c2ccc(O)c(F)c2Cl)c(F)c1. The van der Waals surface area contributed by atoms with Crippen LogP contribution in [0.5, 0.6) is 5.75 Å². The first-order chi connectivity index (χ1) is 11.5. The van der Waals surface area contributed by atoms with Crippen LogP contribution < -0.4 is 4.72 Å². The zero-order valence-corrected chi connectivity index (χ0v) is 14.8. The number of hydrogen-bond acceptors (Lipinski definition) is 4. The molecule has 1 atom stereocenters. The number of benzene rings is 2. The van der Waals surface area contributed by atoms with E-state index in [2.05, 4.69) is 0 Å². The van der Waals surface area contributed by atoms with Crippen molar-refractivity contribution in [1.82, 2.24) is 4.72 Å². The molecule has 0 heterocycles. The van der Waals surface area contributed by atoms with Gasteiger partial charge < -0.3 is 5.11 Å². The largest absolute Gasteiger partial charge is 0.505 e. The fraction of sp³-hybridized carbons (Fsp3) is 0.188. The highest BCUT2D eigenvalue weighted by Gasteiger charge is 2.21. The van der Waals surface area contributed by atoms with Crippen molar-refractivity contribution in [2.24, 2.45) is 0 Å². The lowest BCUT2D eigenvalue weighted by molar-refractivity contribution is -0.120. The first-order valence-corrected chi connectivity index (χ1v) is 9.26. The van der Waals surface area contributed by atoms with Crippen LogP contribution in [0.3, 0.4) is 0 Å². The van der Waals surface area contributed by atoms with Gasteiger partial charge in [-0.2, -0.15) is 0 Å². The smallest absolute Gasteiger partial charge is 0.240 e. The Morgan fingerprint density at radius 2 is 1.80 bits per heavy atom. The number of aromatic hydroxyl groups is 1. The predicted molar refractivity (Wildman–Crippen MR) is 89.9 cm³/mol. The van der Waals surface area contributed by atoms with E-state index < -0.39 is 44.3 Å². The van der Waals surface area contributed by atoms with Gasteiger partial charge >= 0.3 is 0 Å². The Hall–Kier alpha value is -2.19. The normalized spacial score (nSPS) is 12.7. The van der Waals surface area contributed by atoms with Crippen molar-refractivity contribution in [3.63, 3.8) is 0 Å². The van der Waals surface area contributed by atoms with Crippen LogP contribution >= 0.6 is 11.6 Å². The minimum atomic E-state index is -3.73. The van der Waals surface area contributed by atoms with Crippen molar-refractivity contribution in [1.29, 1.82) is 0 Å². The van der Waals surface area contributed by atoms with Crippen molar-refractivity contribution in [3.05, 3.63) is 52.6 Å². The first kappa shape index (κ1) is 19.1. The molecule has 0 spiro atoms. The maximum Gasteiger partial charge on any atom is 0.240 e. The van der Waals surface area contributed by atoms with Crippen LogP contribution in [0.25, 0.3) is 11.1 Å². The van der Waals surface area contributed by atoms with E-state index in [1.807, 2.05) is 4.72 Å². The molecule has 1 amide bonds. The predicted octanol–water partition coefficient (Wildman–Crippen LogP) is 3.17. The first-order valence-electron chi connectivity index (χ1n) is 6.99. The average Bonchev–Trinajstić information content (AvgIpc) is 2.51. The van der Waals surface area contributed by atoms with Gasteiger partial charge in [-0.15, -0.1) is 0 Å². The molecule has 2 aromatic carbocycles. The molecule has 2 rings (SSSR count). The van der Waals surface area contributed by atoms with Gasteiger partial charge in [0.2, 0.25) is 15.9 Å². The van der Waals surface area contributed by atoms with Crippen LogP contribution in [0, 0.1) is 11.6 Å². The number of phenols is 1. The third-order valence-corrected chi connectivity index (χ3v) is 4.47. The molecule has 2 N–H and O–H groups in total. The van der Waals surface area contributed by atoms with E-state index in [1.165, 1.54) is 25.1 Å². The second-order valence-corrected chi connectivity index (χ2v) is 7.59. The topological polar surface area (TPSA) is 83.5 Å². The van der Waals surface area contributed by atoms with E-state index >= 15 is 0 Å². The van der Waals surface area contributed by atoms with Crippen molar-refractivity contribution in [2.45, 2.75) is 12.8 Å². The molecule has 0 aliphatic carbocycles. The van der Waals surface area contributed by atoms with E-state index in [0.29, 0.717) is 0 Å². The molecule has 0 aromatic heterocycles. The van der Waals surface area contributed by atoms with E-state index in [0.717, 1.165) is 18.4 Å². The Balaban J connectivity index is 2.39. The number of halogens is 3. The molecular weight excluding hydrogens is 376 g/mol. The fourth-order valence-electron chi connectivity index (χ4n) is 2.19. The fourth-order valence-corrected chi connectivity index (χ4v) is 2.99. The zero-order valence-electron chi connectivity index (χ0n) is 13.2. The van der Waals surface area contributed by atoms with Crippen molar-refractivity contribution in [2.75, 3.05) is 6.26 Å². The number of sulfonamides is 1. The van der Waals surface area contributed by atoms with Crippen LogP contribution in [-0.2, 0) is 14.8 Å². The molecule has 0 fully saturated rings. The third-order valence-electron chi connectivity index (χ3n) is 3.52. The van der Waals surface area contributed by atoms with Crippen LogP contribution in [-0.4, -0.2) is 25.7 Å². The molecule has 2 aromatic rings. The molecule has 0 saturated carbocycles. The summed E-state index contributed by atoms with van der Waals surface area (Å²) < 4.78 is 52.1. The lowest BCUT2D eigenvalue weighted by Gasteiger charge is -2.14. The summed E-state index contributed by atoms with van der Waals surface area (Å²) in [5.74, 6) is -4.22. The summed E-state index contributed by atoms with van der Waals surface area (Å²) in [4.78, 5) is 11.9. The zero-order chi connectivity index (χ0) is 18.9. The third kappa shape index (κ3) is 4.26. The number of rotatable bonds is 4. The number of phenolic OH excluding ortho intramolecular Hbond substituents is 1. The molecular formula is C16H14ClF2NO4S. The van der Waals surface area contributed by atoms with Crippen LogP contribution in [0.15, 0.2) is 30.3 Å². The van der Waals surface area contributed by atoms with Gasteiger partial charge in [0.1, 0.15) is 5.82 Å². The Morgan fingerprint density at radius 3 is 2.36 bits per heavy atom. The van der Waals surface area contributed by atoms with E-state index in [4.69, 9.17) is 11.6 Å². The number of nitrogens with one attached hydrogen (secondary N) is 1. The van der Waals surface area contributed by atoms with Gasteiger partial charge in [-0.1, -0.05) is 23.7 Å². The lowest BCUT2D eigenvalue weighted by Crippen LogP contribution is -2.32. The maximum atomic E-state index is 14.4. The second-order valence-electron chi connectivity index (χ2n) is 5.46. The van der Waals surface area contributed by atoms with Crippen LogP contribution in [0.4, 0.5) is 8.78 Å². The monoisotopic (exact) mass is 389 g/mol. The Labute approximate surface area is 148 Å². The highest BCUT2D eigenvalue weighted by atomic mass is 35.5. The minimum Gasteiger partial charge on any atom is -0.505 e. The van der Waals surface area contributed by atoms with Gasteiger partial charge in [-0.3, -0.25) is 9.52 Å². The Bertz CT molecular complexity index is 947. The molecule has 5 nitrogen and oxygen atoms in total. The molecule has 0 aliphatic heterocycles. The van der Waals surface area contributed by atoms with Crippen molar-refractivity contribution < 1.29 is 27.1 Å². The van der Waals surface area contributed by atoms with E-state index in [-0.39, 0.29) is 16.7 Å². The summed E-state index contributed by atoms with van der Waals surface area (Å²) in [6.07, 6.45) is 0.836. The van der Waals surface area contributed by atoms with Crippen molar-refractivity contribution in [3.8, 4) is 16.9 Å². The summed E-state index contributed by atoms with van der Waals surface area (Å²) >= 11 is 5.80. The minimum absolute atomic E-state index is 0.0247. The van der Waals surface area contributed by atoms with Gasteiger partial charge in [-0.25, -0.2) is 17.2 Å². The Kier molecular flexibility index (Phi) is 5.34. The summed E-state index contributed by atoms with van der Waals surface area (Å²) in [5.41, 5.74) is 0.246. The summed E-state index contributed by atoms with van der Waals surface area (Å²) in [6.45, 7) is 1.42. The Morgan fingerprint density at radius 1 is 1.20 bits per heavy atom. The summed E-state index contributed by atoms with van der Waals surface area (Å²) in [7, 11) is -3.73. The quantitative estimate of drug-likeness (QED) is 0.841. The molecule has 25 heavy (non-hydrogen) atoms. The number of carbonyl (C=O) groups is 1. The van der Waals surface area contributed by atoms with E-state index in [1.54, 1.807) is 0 Å². The van der Waals surface area contributed by atoms with Gasteiger partial charge in [0.05, 0.1) is 17.2 Å². The molecule has 0 aliphatic rings. The molecule has 0 bridgehead atoms. The van der Waals surface area contributed by atoms with Crippen LogP contribution in [0.1, 0.15) is 18.4 Å². The van der Waals surface area contributed by atoms with Crippen molar-refractivity contribution >= 4 is 27.5 Å². The molecule has 1 unspecified atom stereocenters. The second kappa shape index (κ2) is 6.97.